The van der Waals surface area contributed by atoms with Crippen LogP contribution in [-0.4, -0.2) is 37.2 Å². The predicted octanol–water partition coefficient (Wildman–Crippen LogP) is 16.5. The molecule has 0 heterocycles. The summed E-state index contributed by atoms with van der Waals surface area (Å²) >= 11 is 0. The molecule has 0 aromatic heterocycles. The summed E-state index contributed by atoms with van der Waals surface area (Å²) in [5.74, 6) is 0.782. The Labute approximate surface area is 361 Å². The molecule has 0 aromatic rings. The molecule has 0 aliphatic carbocycles. The summed E-state index contributed by atoms with van der Waals surface area (Å²) < 4.78 is 16.7. The topological polar surface area (TPSA) is 78.9 Å². The number of hydrogen-bond donors (Lipinski definition) is 0. The molecule has 0 saturated heterocycles. The van der Waals surface area contributed by atoms with Crippen molar-refractivity contribution < 1.29 is 28.6 Å². The SMILES string of the molecule is CCCCCCCCCCCC(=O)OC[C@H](COC(=O)CCCCCCCCCCCCCCCCCCCCC(C)C)OC(=O)CCCCCCCCCC(C)C. The van der Waals surface area contributed by atoms with Gasteiger partial charge in [-0.25, -0.2) is 0 Å². The lowest BCUT2D eigenvalue weighted by atomic mass is 10.0. The van der Waals surface area contributed by atoms with Gasteiger partial charge in [-0.2, -0.15) is 0 Å². The summed E-state index contributed by atoms with van der Waals surface area (Å²) in [5, 5.41) is 0. The maximum Gasteiger partial charge on any atom is 0.306 e. The highest BCUT2D eigenvalue weighted by molar-refractivity contribution is 5.71. The van der Waals surface area contributed by atoms with Crippen LogP contribution < -0.4 is 0 Å². The first-order valence-corrected chi connectivity index (χ1v) is 25.7. The van der Waals surface area contributed by atoms with Crippen molar-refractivity contribution in [1.29, 1.82) is 0 Å². The zero-order valence-electron chi connectivity index (χ0n) is 39.7. The van der Waals surface area contributed by atoms with E-state index in [4.69, 9.17) is 14.2 Å². The number of esters is 3. The lowest BCUT2D eigenvalue weighted by Crippen LogP contribution is -2.30. The second-order valence-electron chi connectivity index (χ2n) is 18.8. The van der Waals surface area contributed by atoms with Crippen LogP contribution in [0.4, 0.5) is 0 Å². The summed E-state index contributed by atoms with van der Waals surface area (Å²) in [5.41, 5.74) is 0. The van der Waals surface area contributed by atoms with E-state index < -0.39 is 6.10 Å². The maximum absolute atomic E-state index is 12.7. The highest BCUT2D eigenvalue weighted by Crippen LogP contribution is 2.17. The van der Waals surface area contributed by atoms with Gasteiger partial charge in [0, 0.05) is 19.3 Å². The summed E-state index contributed by atoms with van der Waals surface area (Å²) in [6, 6.07) is 0. The van der Waals surface area contributed by atoms with Gasteiger partial charge in [-0.15, -0.1) is 0 Å². The number of unbranched alkanes of at least 4 members (excludes halogenated alkanes) is 31. The van der Waals surface area contributed by atoms with Crippen LogP contribution in [0.1, 0.15) is 285 Å². The standard InChI is InChI=1S/C52H100O6/c1-6-7-8-9-10-21-27-32-37-42-50(53)56-45-49(58-52(55)44-39-34-29-24-26-31-36-41-48(4)5)46-57-51(54)43-38-33-28-23-20-18-16-14-12-11-13-15-17-19-22-25-30-35-40-47(2)3/h47-49H,6-46H2,1-5H3/t49-/m1/s1. The Bertz CT molecular complexity index is 885. The number of rotatable bonds is 46. The molecule has 0 aliphatic heterocycles. The molecular weight excluding hydrogens is 721 g/mol. The van der Waals surface area contributed by atoms with Gasteiger partial charge in [-0.05, 0) is 31.1 Å². The van der Waals surface area contributed by atoms with Gasteiger partial charge in [0.15, 0.2) is 6.10 Å². The van der Waals surface area contributed by atoms with Crippen molar-refractivity contribution in [3.05, 3.63) is 0 Å². The molecule has 0 bridgehead atoms. The minimum atomic E-state index is -0.761. The summed E-state index contributed by atoms with van der Waals surface area (Å²) in [6.07, 6.45) is 45.4. The monoisotopic (exact) mass is 821 g/mol. The van der Waals surface area contributed by atoms with Crippen molar-refractivity contribution in [3.8, 4) is 0 Å². The van der Waals surface area contributed by atoms with E-state index in [1.807, 2.05) is 0 Å². The Hall–Kier alpha value is -1.59. The van der Waals surface area contributed by atoms with E-state index in [0.29, 0.717) is 19.3 Å². The largest absolute Gasteiger partial charge is 0.462 e. The summed E-state index contributed by atoms with van der Waals surface area (Å²) in [6.45, 7) is 11.3. The van der Waals surface area contributed by atoms with E-state index >= 15 is 0 Å². The molecule has 0 aliphatic rings. The second-order valence-corrected chi connectivity index (χ2v) is 18.8. The number of carbonyl (C=O) groups is 3. The van der Waals surface area contributed by atoms with Crippen molar-refractivity contribution in [1.82, 2.24) is 0 Å². The van der Waals surface area contributed by atoms with E-state index in [9.17, 15) is 14.4 Å². The Morgan fingerprint density at radius 3 is 0.845 bits per heavy atom. The zero-order valence-corrected chi connectivity index (χ0v) is 39.7. The average molecular weight is 821 g/mol. The first kappa shape index (κ1) is 56.4. The van der Waals surface area contributed by atoms with Crippen LogP contribution in [0.15, 0.2) is 0 Å². The van der Waals surface area contributed by atoms with Crippen LogP contribution in [0.25, 0.3) is 0 Å². The van der Waals surface area contributed by atoms with E-state index in [1.165, 1.54) is 173 Å². The Morgan fingerprint density at radius 1 is 0.328 bits per heavy atom. The average Bonchev–Trinajstić information content (AvgIpc) is 3.19. The first-order chi connectivity index (χ1) is 28.2. The second kappa shape index (κ2) is 44.9. The number of ether oxygens (including phenoxy) is 3. The molecule has 6 nitrogen and oxygen atoms in total. The van der Waals surface area contributed by atoms with Crippen molar-refractivity contribution in [3.63, 3.8) is 0 Å². The van der Waals surface area contributed by atoms with E-state index in [-0.39, 0.29) is 31.1 Å². The molecule has 58 heavy (non-hydrogen) atoms. The van der Waals surface area contributed by atoms with Crippen molar-refractivity contribution >= 4 is 17.9 Å². The molecule has 6 heteroatoms. The zero-order chi connectivity index (χ0) is 42.6. The third-order valence-electron chi connectivity index (χ3n) is 11.7. The van der Waals surface area contributed by atoms with Crippen LogP contribution in [0.2, 0.25) is 0 Å². The van der Waals surface area contributed by atoms with E-state index in [1.54, 1.807) is 0 Å². The minimum absolute atomic E-state index is 0.0645. The number of carbonyl (C=O) groups excluding carboxylic acids is 3. The Balaban J connectivity index is 4.14. The van der Waals surface area contributed by atoms with Gasteiger partial charge in [0.25, 0.3) is 0 Å². The molecule has 344 valence electrons. The van der Waals surface area contributed by atoms with Gasteiger partial charge in [0.05, 0.1) is 0 Å². The molecule has 0 radical (unpaired) electrons. The summed E-state index contributed by atoms with van der Waals surface area (Å²) in [4.78, 5) is 37.8. The fraction of sp³-hybridized carbons (Fsp3) is 0.942. The van der Waals surface area contributed by atoms with Crippen LogP contribution in [0.3, 0.4) is 0 Å². The molecule has 0 saturated carbocycles. The van der Waals surface area contributed by atoms with Crippen LogP contribution in [0, 0.1) is 11.8 Å². The highest BCUT2D eigenvalue weighted by atomic mass is 16.6. The molecule has 0 spiro atoms. The van der Waals surface area contributed by atoms with Crippen LogP contribution in [-0.2, 0) is 28.6 Å². The van der Waals surface area contributed by atoms with E-state index in [2.05, 4.69) is 34.6 Å². The molecule has 0 aromatic carbocycles. The van der Waals surface area contributed by atoms with Crippen molar-refractivity contribution in [2.45, 2.75) is 291 Å². The molecule has 1 atom stereocenters. The first-order valence-electron chi connectivity index (χ1n) is 25.7. The number of hydrogen-bond acceptors (Lipinski definition) is 6. The Morgan fingerprint density at radius 2 is 0.569 bits per heavy atom. The molecule has 0 fully saturated rings. The summed E-state index contributed by atoms with van der Waals surface area (Å²) in [7, 11) is 0. The van der Waals surface area contributed by atoms with Gasteiger partial charge in [-0.1, -0.05) is 247 Å². The van der Waals surface area contributed by atoms with Crippen LogP contribution in [0.5, 0.6) is 0 Å². The minimum Gasteiger partial charge on any atom is -0.462 e. The fourth-order valence-corrected chi connectivity index (χ4v) is 7.81. The fourth-order valence-electron chi connectivity index (χ4n) is 7.81. The van der Waals surface area contributed by atoms with Gasteiger partial charge in [0.2, 0.25) is 0 Å². The molecule has 0 N–H and O–H groups in total. The van der Waals surface area contributed by atoms with Crippen molar-refractivity contribution in [2.24, 2.45) is 11.8 Å². The third kappa shape index (κ3) is 45.5. The van der Waals surface area contributed by atoms with Gasteiger partial charge in [0.1, 0.15) is 13.2 Å². The third-order valence-corrected chi connectivity index (χ3v) is 11.7. The molecule has 0 rings (SSSR count). The lowest BCUT2D eigenvalue weighted by Gasteiger charge is -2.18. The maximum atomic E-state index is 12.7. The molecule has 0 amide bonds. The van der Waals surface area contributed by atoms with Gasteiger partial charge in [-0.3, -0.25) is 14.4 Å². The normalized spacial score (nSPS) is 12.1. The lowest BCUT2D eigenvalue weighted by molar-refractivity contribution is -0.167. The van der Waals surface area contributed by atoms with E-state index in [0.717, 1.165) is 69.6 Å². The van der Waals surface area contributed by atoms with Crippen LogP contribution >= 0.6 is 0 Å². The Kier molecular flexibility index (Phi) is 43.7. The quantitative estimate of drug-likeness (QED) is 0.0346. The molecular formula is C52H100O6. The van der Waals surface area contributed by atoms with Gasteiger partial charge < -0.3 is 14.2 Å². The molecule has 0 unspecified atom stereocenters. The highest BCUT2D eigenvalue weighted by Gasteiger charge is 2.19. The smallest absolute Gasteiger partial charge is 0.306 e. The van der Waals surface area contributed by atoms with Crippen molar-refractivity contribution in [2.75, 3.05) is 13.2 Å². The van der Waals surface area contributed by atoms with Gasteiger partial charge >= 0.3 is 17.9 Å². The predicted molar refractivity (Wildman–Crippen MR) is 247 cm³/mol.